The number of esters is 2. The topological polar surface area (TPSA) is 52.6 Å². The number of rotatable bonds is 37. The van der Waals surface area contributed by atoms with Gasteiger partial charge in [0, 0.05) is 18.6 Å². The molecule has 0 unspecified atom stereocenters. The molecule has 0 bridgehead atoms. The van der Waals surface area contributed by atoms with Crippen molar-refractivity contribution in [1.82, 2.24) is 0 Å². The molecule has 0 radical (unpaired) electrons. The molecule has 0 amide bonds. The van der Waals surface area contributed by atoms with E-state index >= 15 is 0 Å². The van der Waals surface area contributed by atoms with Gasteiger partial charge in [0.25, 0.3) is 0 Å². The van der Waals surface area contributed by atoms with Crippen molar-refractivity contribution in [2.75, 3.05) is 19.0 Å². The predicted molar refractivity (Wildman–Crippen MR) is 226 cm³/mol. The Morgan fingerprint density at radius 2 is 0.580 bits per heavy atom. The molecule has 0 aliphatic heterocycles. The minimum absolute atomic E-state index is 0.0639. The number of carbonyl (C=O) groups excluding carboxylic acids is 2. The molecule has 0 aliphatic rings. The van der Waals surface area contributed by atoms with Gasteiger partial charge in [-0.05, 0) is 12.8 Å². The van der Waals surface area contributed by atoms with E-state index in [2.05, 4.69) is 33.1 Å². The van der Waals surface area contributed by atoms with Crippen LogP contribution in [0.5, 0.6) is 0 Å². The van der Waals surface area contributed by atoms with Gasteiger partial charge in [0.1, 0.15) is 0 Å². The van der Waals surface area contributed by atoms with Crippen LogP contribution in [0.1, 0.15) is 246 Å². The molecular formula is C45H90O4S. The summed E-state index contributed by atoms with van der Waals surface area (Å²) < 4.78 is 10.1. The molecule has 0 aromatic heterocycles. The number of carbonyl (C=O) groups is 2. The minimum atomic E-state index is -0.0639. The van der Waals surface area contributed by atoms with Crippen LogP contribution in [-0.4, -0.2) is 30.9 Å². The van der Waals surface area contributed by atoms with Gasteiger partial charge in [0.05, 0.1) is 13.2 Å². The third-order valence-corrected chi connectivity index (χ3v) is 9.49. The zero-order valence-corrected chi connectivity index (χ0v) is 35.4. The Morgan fingerprint density at radius 3 is 0.740 bits per heavy atom. The van der Waals surface area contributed by atoms with Gasteiger partial charge < -0.3 is 9.47 Å². The highest BCUT2D eigenvalue weighted by atomic mass is 32.1. The van der Waals surface area contributed by atoms with Crippen molar-refractivity contribution in [2.45, 2.75) is 246 Å². The summed E-state index contributed by atoms with van der Waals surface area (Å²) in [5, 5.41) is 0. The fraction of sp³-hybridized carbons (Fsp3) is 0.911. The van der Waals surface area contributed by atoms with Crippen molar-refractivity contribution in [3.63, 3.8) is 0 Å². The lowest BCUT2D eigenvalue weighted by Gasteiger charge is -2.04. The minimum Gasteiger partial charge on any atom is -0.466 e. The quantitative estimate of drug-likeness (QED) is 0.0300. The fourth-order valence-corrected chi connectivity index (χ4v) is 5.88. The highest BCUT2D eigenvalue weighted by Gasteiger charge is 1.99. The van der Waals surface area contributed by atoms with Crippen molar-refractivity contribution < 1.29 is 19.1 Å². The molecule has 0 rings (SSSR count). The van der Waals surface area contributed by atoms with E-state index in [9.17, 15) is 9.59 Å². The molecule has 0 atom stereocenters. The first kappa shape index (κ1) is 53.4. The second-order valence-electron chi connectivity index (χ2n) is 14.2. The number of ether oxygens (including phenoxy) is 2. The molecule has 300 valence electrons. The Bertz CT molecular complexity index is 589. The van der Waals surface area contributed by atoms with E-state index in [4.69, 9.17) is 9.47 Å². The molecule has 5 heteroatoms. The van der Waals surface area contributed by atoms with Crippen molar-refractivity contribution in [3.05, 3.63) is 12.7 Å². The number of unbranched alkanes of at least 4 members (excludes halogenated alkanes) is 30. The largest absolute Gasteiger partial charge is 0.466 e. The average Bonchev–Trinajstić information content (AvgIpc) is 3.14. The van der Waals surface area contributed by atoms with Crippen molar-refractivity contribution in [2.24, 2.45) is 0 Å². The third-order valence-electron chi connectivity index (χ3n) is 9.23. The maximum absolute atomic E-state index is 10.9. The summed E-state index contributed by atoms with van der Waals surface area (Å²) in [6, 6.07) is 0. The Kier molecular flexibility index (Phi) is 55.9. The van der Waals surface area contributed by atoms with E-state index < -0.39 is 0 Å². The van der Waals surface area contributed by atoms with Gasteiger partial charge in [-0.3, -0.25) is 9.59 Å². The summed E-state index contributed by atoms with van der Waals surface area (Å²) in [4.78, 5) is 21.9. The van der Waals surface area contributed by atoms with E-state index in [0.29, 0.717) is 26.1 Å². The smallest absolute Gasteiger partial charge is 0.305 e. The van der Waals surface area contributed by atoms with Crippen LogP contribution < -0.4 is 0 Å². The molecule has 0 aliphatic carbocycles. The summed E-state index contributed by atoms with van der Waals surface area (Å²) in [7, 11) is 0. The molecular weight excluding hydrogens is 637 g/mol. The molecule has 0 saturated heterocycles. The monoisotopic (exact) mass is 727 g/mol. The van der Waals surface area contributed by atoms with E-state index in [1.54, 1.807) is 6.08 Å². The summed E-state index contributed by atoms with van der Waals surface area (Å²) >= 11 is 3.80. The highest BCUT2D eigenvalue weighted by molar-refractivity contribution is 7.80. The van der Waals surface area contributed by atoms with Gasteiger partial charge in [0.2, 0.25) is 0 Å². The number of hydrogen-bond acceptors (Lipinski definition) is 5. The maximum atomic E-state index is 10.9. The van der Waals surface area contributed by atoms with Gasteiger partial charge >= 0.3 is 11.9 Å². The lowest BCUT2D eigenvalue weighted by Crippen LogP contribution is -2.03. The molecule has 0 heterocycles. The van der Waals surface area contributed by atoms with Crippen LogP contribution in [-0.2, 0) is 19.1 Å². The predicted octanol–water partition coefficient (Wildman–Crippen LogP) is 15.5. The Morgan fingerprint density at radius 1 is 0.400 bits per heavy atom. The van der Waals surface area contributed by atoms with E-state index in [-0.39, 0.29) is 11.9 Å². The lowest BCUT2D eigenvalue weighted by atomic mass is 10.0. The third kappa shape index (κ3) is 56.4. The first-order valence-electron chi connectivity index (χ1n) is 22.1. The number of hydrogen-bond donors (Lipinski definition) is 1. The van der Waals surface area contributed by atoms with Crippen LogP contribution in [0.2, 0.25) is 0 Å². The van der Waals surface area contributed by atoms with Gasteiger partial charge in [-0.1, -0.05) is 226 Å². The van der Waals surface area contributed by atoms with E-state index in [1.807, 2.05) is 13.8 Å². The van der Waals surface area contributed by atoms with E-state index in [0.717, 1.165) is 18.6 Å². The molecule has 0 spiro atoms. The zero-order valence-electron chi connectivity index (χ0n) is 34.5. The van der Waals surface area contributed by atoms with Gasteiger partial charge in [-0.2, -0.15) is 12.6 Å². The molecule has 0 N–H and O–H groups in total. The SMILES string of the molecule is C=CCS.CCCCCCCCCCCCCCCCCCOC(=O)CC.CCCCCCCCCCCCCCCCCCOC(=O)CC. The first-order valence-corrected chi connectivity index (χ1v) is 22.7. The average molecular weight is 727 g/mol. The molecule has 0 saturated carbocycles. The van der Waals surface area contributed by atoms with Crippen molar-refractivity contribution in [3.8, 4) is 0 Å². The lowest BCUT2D eigenvalue weighted by molar-refractivity contribution is -0.144. The second-order valence-corrected chi connectivity index (χ2v) is 14.6. The maximum Gasteiger partial charge on any atom is 0.305 e. The van der Waals surface area contributed by atoms with Crippen LogP contribution in [0.15, 0.2) is 12.7 Å². The fourth-order valence-electron chi connectivity index (χ4n) is 5.88. The molecule has 4 nitrogen and oxygen atoms in total. The molecule has 0 aromatic rings. The molecule has 50 heavy (non-hydrogen) atoms. The van der Waals surface area contributed by atoms with Gasteiger partial charge in [-0.15, -0.1) is 6.58 Å². The number of thiol groups is 1. The van der Waals surface area contributed by atoms with E-state index in [1.165, 1.54) is 193 Å². The van der Waals surface area contributed by atoms with Crippen LogP contribution in [0.25, 0.3) is 0 Å². The summed E-state index contributed by atoms with van der Waals surface area (Å²) in [5.41, 5.74) is 0. The summed E-state index contributed by atoms with van der Waals surface area (Å²) in [5.74, 6) is 0.650. The zero-order chi connectivity index (χ0) is 37.4. The normalized spacial score (nSPS) is 10.5. The van der Waals surface area contributed by atoms with Gasteiger partial charge in [-0.25, -0.2) is 0 Å². The highest BCUT2D eigenvalue weighted by Crippen LogP contribution is 2.15. The summed E-state index contributed by atoms with van der Waals surface area (Å²) in [6.07, 6.45) is 46.7. The summed E-state index contributed by atoms with van der Waals surface area (Å²) in [6.45, 7) is 12.9. The van der Waals surface area contributed by atoms with Crippen molar-refractivity contribution >= 4 is 24.6 Å². The first-order chi connectivity index (χ1) is 24.5. The van der Waals surface area contributed by atoms with Crippen LogP contribution in [0.3, 0.4) is 0 Å². The Labute approximate surface area is 320 Å². The second kappa shape index (κ2) is 52.4. The van der Waals surface area contributed by atoms with Gasteiger partial charge in [0.15, 0.2) is 0 Å². The molecule has 0 fully saturated rings. The van der Waals surface area contributed by atoms with Crippen molar-refractivity contribution in [1.29, 1.82) is 0 Å². The van der Waals surface area contributed by atoms with Crippen LogP contribution in [0, 0.1) is 0 Å². The standard InChI is InChI=1S/2C21H42O2.C3H6S/c2*1-3-5-6-7-8-9-10-11-12-13-14-15-16-17-18-19-20-23-21(22)4-2;1-2-3-4/h2*3-20H2,1-2H3;2,4H,1,3H2. The van der Waals surface area contributed by atoms with Crippen LogP contribution >= 0.6 is 12.6 Å². The molecule has 0 aromatic carbocycles. The Balaban J connectivity index is -0.000000797. The van der Waals surface area contributed by atoms with Crippen LogP contribution in [0.4, 0.5) is 0 Å². The Hall–Kier alpha value is -0.970.